The summed E-state index contributed by atoms with van der Waals surface area (Å²) in [6.45, 7) is 5.14. The van der Waals surface area contributed by atoms with Crippen LogP contribution in [0.2, 0.25) is 0 Å². The maximum absolute atomic E-state index is 12.8. The number of hydrogen-bond acceptors (Lipinski definition) is 5. The number of para-hydroxylation sites is 2. The van der Waals surface area contributed by atoms with Gasteiger partial charge in [0.2, 0.25) is 0 Å². The topological polar surface area (TPSA) is 36.0 Å². The predicted molar refractivity (Wildman–Crippen MR) is 117 cm³/mol. The van der Waals surface area contributed by atoms with Crippen LogP contribution < -0.4 is 14.5 Å². The highest BCUT2D eigenvalue weighted by atomic mass is 16.5. The number of hydrogen-bond donors (Lipinski definition) is 0. The molecular formula is C24H29N3O2. The van der Waals surface area contributed by atoms with Crippen LogP contribution in [0.5, 0.6) is 5.75 Å². The van der Waals surface area contributed by atoms with Gasteiger partial charge in [0, 0.05) is 58.2 Å². The maximum Gasteiger partial charge on any atom is 0.167 e. The lowest BCUT2D eigenvalue weighted by Crippen LogP contribution is -2.49. The lowest BCUT2D eigenvalue weighted by Gasteiger charge is -2.41. The number of methoxy groups -OCH3 is 1. The minimum atomic E-state index is 0.167. The van der Waals surface area contributed by atoms with E-state index in [2.05, 4.69) is 39.9 Å². The fraction of sp³-hybridized carbons (Fsp3) is 0.458. The van der Waals surface area contributed by atoms with Crippen LogP contribution in [0.4, 0.5) is 11.4 Å². The summed E-state index contributed by atoms with van der Waals surface area (Å²) >= 11 is 0. The first kappa shape index (κ1) is 18.5. The van der Waals surface area contributed by atoms with Crippen molar-refractivity contribution in [1.29, 1.82) is 0 Å². The Balaban J connectivity index is 1.29. The number of likely N-dealkylation sites (tertiary alicyclic amines) is 1. The largest absolute Gasteiger partial charge is 0.496 e. The van der Waals surface area contributed by atoms with Gasteiger partial charge in [0.15, 0.2) is 5.78 Å². The van der Waals surface area contributed by atoms with E-state index in [1.165, 1.54) is 23.4 Å². The number of ketones is 1. The molecule has 0 aromatic heterocycles. The van der Waals surface area contributed by atoms with E-state index in [9.17, 15) is 4.79 Å². The number of carbonyl (C=O) groups is 1. The van der Waals surface area contributed by atoms with Crippen LogP contribution in [-0.4, -0.2) is 63.6 Å². The number of nitrogens with zero attached hydrogens (tertiary/aromatic N) is 3. The number of piperidine rings is 1. The first-order valence-electron chi connectivity index (χ1n) is 10.7. The van der Waals surface area contributed by atoms with E-state index in [-0.39, 0.29) is 5.78 Å². The molecule has 5 heteroatoms. The minimum Gasteiger partial charge on any atom is -0.496 e. The third-order valence-corrected chi connectivity index (χ3v) is 6.94. The number of Topliss-reactive ketones (excluding diaryl/α,β-unsaturated/α-hetero) is 1. The molecule has 2 aromatic carbocycles. The molecule has 0 bridgehead atoms. The van der Waals surface area contributed by atoms with E-state index in [0.29, 0.717) is 29.7 Å². The molecule has 2 aromatic rings. The quantitative estimate of drug-likeness (QED) is 0.730. The molecule has 0 radical (unpaired) electrons. The van der Waals surface area contributed by atoms with E-state index >= 15 is 0 Å². The number of likely N-dealkylation sites (N-methyl/N-ethyl adjacent to an activating group) is 1. The van der Waals surface area contributed by atoms with Crippen LogP contribution in [0.15, 0.2) is 42.5 Å². The van der Waals surface area contributed by atoms with Gasteiger partial charge in [-0.2, -0.15) is 0 Å². The van der Waals surface area contributed by atoms with Crippen molar-refractivity contribution in [3.63, 3.8) is 0 Å². The molecule has 2 atom stereocenters. The second-order valence-corrected chi connectivity index (χ2v) is 8.47. The molecule has 5 rings (SSSR count). The van der Waals surface area contributed by atoms with Crippen LogP contribution in [0.3, 0.4) is 0 Å². The Morgan fingerprint density at radius 2 is 1.97 bits per heavy atom. The molecule has 0 spiro atoms. The highest BCUT2D eigenvalue weighted by molar-refractivity contribution is 5.98. The first-order valence-corrected chi connectivity index (χ1v) is 10.7. The van der Waals surface area contributed by atoms with Crippen LogP contribution >= 0.6 is 0 Å². The zero-order chi connectivity index (χ0) is 20.0. The van der Waals surface area contributed by atoms with E-state index in [1.54, 1.807) is 7.11 Å². The molecule has 0 aliphatic carbocycles. The lowest BCUT2D eigenvalue weighted by molar-refractivity contribution is 0.0950. The summed E-state index contributed by atoms with van der Waals surface area (Å²) < 4.78 is 5.36. The van der Waals surface area contributed by atoms with Crippen molar-refractivity contribution in [3.8, 4) is 5.75 Å². The summed E-state index contributed by atoms with van der Waals surface area (Å²) in [6.07, 6.45) is 1.71. The fourth-order valence-corrected chi connectivity index (χ4v) is 5.45. The number of ether oxygens (including phenoxy) is 1. The number of carbonyl (C=O) groups excluding carboxylic acids is 1. The van der Waals surface area contributed by atoms with Crippen LogP contribution in [0, 0.1) is 0 Å². The van der Waals surface area contributed by atoms with Gasteiger partial charge in [0.25, 0.3) is 0 Å². The summed E-state index contributed by atoms with van der Waals surface area (Å²) in [7, 11) is 3.82. The molecular weight excluding hydrogens is 362 g/mol. The summed E-state index contributed by atoms with van der Waals surface area (Å²) in [4.78, 5) is 20.3. The summed E-state index contributed by atoms with van der Waals surface area (Å²) in [5.74, 6) is 1.39. The number of fused-ring (bicyclic) bond motifs is 3. The zero-order valence-electron chi connectivity index (χ0n) is 17.3. The van der Waals surface area contributed by atoms with Gasteiger partial charge in [-0.05, 0) is 30.2 Å². The van der Waals surface area contributed by atoms with Crippen LogP contribution in [0.25, 0.3) is 0 Å². The van der Waals surface area contributed by atoms with E-state index in [1.807, 2.05) is 24.3 Å². The normalized spacial score (nSPS) is 23.0. The van der Waals surface area contributed by atoms with Crippen molar-refractivity contribution in [2.45, 2.75) is 24.8 Å². The highest BCUT2D eigenvalue weighted by Crippen LogP contribution is 2.50. The Labute approximate surface area is 172 Å². The molecule has 1 saturated heterocycles. The predicted octanol–water partition coefficient (Wildman–Crippen LogP) is 3.40. The van der Waals surface area contributed by atoms with E-state index in [0.717, 1.165) is 32.7 Å². The van der Waals surface area contributed by atoms with Crippen LogP contribution in [0.1, 0.15) is 34.7 Å². The Hall–Kier alpha value is -2.53. The van der Waals surface area contributed by atoms with Gasteiger partial charge in [-0.25, -0.2) is 0 Å². The Morgan fingerprint density at radius 1 is 1.10 bits per heavy atom. The van der Waals surface area contributed by atoms with Crippen LogP contribution in [-0.2, 0) is 0 Å². The molecule has 2 unspecified atom stereocenters. The number of rotatable bonds is 5. The van der Waals surface area contributed by atoms with Gasteiger partial charge in [-0.1, -0.05) is 24.3 Å². The van der Waals surface area contributed by atoms with Gasteiger partial charge in [-0.15, -0.1) is 0 Å². The molecule has 3 aliphatic heterocycles. The smallest absolute Gasteiger partial charge is 0.167 e. The fourth-order valence-electron chi connectivity index (χ4n) is 5.45. The van der Waals surface area contributed by atoms with Gasteiger partial charge in [0.05, 0.1) is 24.0 Å². The molecule has 0 N–H and O–H groups in total. The molecule has 29 heavy (non-hydrogen) atoms. The molecule has 1 fully saturated rings. The average molecular weight is 392 g/mol. The lowest BCUT2D eigenvalue weighted by atomic mass is 9.89. The molecule has 0 amide bonds. The molecule has 3 aliphatic rings. The second-order valence-electron chi connectivity index (χ2n) is 8.47. The minimum absolute atomic E-state index is 0.167. The number of benzene rings is 2. The van der Waals surface area contributed by atoms with Crippen molar-refractivity contribution >= 4 is 17.2 Å². The summed E-state index contributed by atoms with van der Waals surface area (Å²) in [6, 6.07) is 14.9. The van der Waals surface area contributed by atoms with Crippen molar-refractivity contribution in [3.05, 3.63) is 53.6 Å². The van der Waals surface area contributed by atoms with Gasteiger partial charge >= 0.3 is 0 Å². The van der Waals surface area contributed by atoms with Gasteiger partial charge in [0.1, 0.15) is 5.75 Å². The molecule has 0 saturated carbocycles. The summed E-state index contributed by atoms with van der Waals surface area (Å²) in [5, 5.41) is 0. The SMILES string of the molecule is COc1ccccc1C(=O)CCN1CCC2C(C1)c1cccc3c1N2CCN3C. The average Bonchev–Trinajstić information content (AvgIpc) is 3.09. The van der Waals surface area contributed by atoms with Crippen molar-refractivity contribution in [2.24, 2.45) is 0 Å². The van der Waals surface area contributed by atoms with E-state index in [4.69, 9.17) is 4.74 Å². The van der Waals surface area contributed by atoms with Gasteiger partial charge < -0.3 is 19.4 Å². The summed E-state index contributed by atoms with van der Waals surface area (Å²) in [5.41, 5.74) is 5.03. The van der Waals surface area contributed by atoms with Crippen molar-refractivity contribution in [2.75, 3.05) is 56.7 Å². The molecule has 5 nitrogen and oxygen atoms in total. The zero-order valence-corrected chi connectivity index (χ0v) is 17.3. The second kappa shape index (κ2) is 7.38. The molecule has 3 heterocycles. The first-order chi connectivity index (χ1) is 14.2. The van der Waals surface area contributed by atoms with Gasteiger partial charge in [-0.3, -0.25) is 4.79 Å². The van der Waals surface area contributed by atoms with Crippen molar-refractivity contribution in [1.82, 2.24) is 4.90 Å². The third kappa shape index (κ3) is 3.08. The van der Waals surface area contributed by atoms with E-state index < -0.39 is 0 Å². The standard InChI is InChI=1S/C24H29N3O2/c1-25-14-15-27-20-10-12-26(16-19(20)17-7-5-8-21(25)24(17)27)13-11-22(28)18-6-3-4-9-23(18)29-2/h3-9,19-20H,10-16H2,1-2H3. The maximum atomic E-state index is 12.8. The Bertz CT molecular complexity index is 928. The monoisotopic (exact) mass is 391 g/mol. The number of anilines is 2. The Kier molecular flexibility index (Phi) is 4.70. The Morgan fingerprint density at radius 3 is 2.83 bits per heavy atom. The molecule has 152 valence electrons. The third-order valence-electron chi connectivity index (χ3n) is 6.94. The highest BCUT2D eigenvalue weighted by Gasteiger charge is 2.44. The van der Waals surface area contributed by atoms with Crippen molar-refractivity contribution < 1.29 is 9.53 Å².